The van der Waals surface area contributed by atoms with Gasteiger partial charge in [-0.1, -0.05) is 24.3 Å². The van der Waals surface area contributed by atoms with Crippen molar-refractivity contribution in [3.8, 4) is 0 Å². The highest BCUT2D eigenvalue weighted by Crippen LogP contribution is 2.44. The number of hydrogen-bond donors (Lipinski definition) is 1. The maximum Gasteiger partial charge on any atom is 0.410 e. The first-order valence-corrected chi connectivity index (χ1v) is 13.2. The van der Waals surface area contributed by atoms with Crippen molar-refractivity contribution in [3.05, 3.63) is 35.4 Å². The molecule has 0 aliphatic carbocycles. The number of carbonyl (C=O) groups excluding carboxylic acids is 2. The monoisotopic (exact) mass is 468 g/mol. The van der Waals surface area contributed by atoms with Crippen molar-refractivity contribution < 1.29 is 14.3 Å². The predicted molar refractivity (Wildman–Crippen MR) is 132 cm³/mol. The van der Waals surface area contributed by atoms with Gasteiger partial charge in [-0.05, 0) is 83.5 Å². The highest BCUT2D eigenvalue weighted by Gasteiger charge is 2.48. The molecule has 3 amide bonds. The van der Waals surface area contributed by atoms with Crippen molar-refractivity contribution in [2.75, 3.05) is 26.2 Å². The van der Waals surface area contributed by atoms with E-state index in [1.807, 2.05) is 30.6 Å². The minimum Gasteiger partial charge on any atom is -0.450 e. The topological polar surface area (TPSA) is 65.1 Å². The van der Waals surface area contributed by atoms with E-state index in [1.165, 1.54) is 11.1 Å². The summed E-state index contributed by atoms with van der Waals surface area (Å²) in [5, 5.41) is 3.10. The van der Waals surface area contributed by atoms with Gasteiger partial charge in [-0.3, -0.25) is 0 Å². The summed E-state index contributed by atoms with van der Waals surface area (Å²) >= 11 is 0. The number of piperidine rings is 2. The lowest BCUT2D eigenvalue weighted by molar-refractivity contribution is 0.0219. The molecule has 5 rings (SSSR count). The van der Waals surface area contributed by atoms with Gasteiger partial charge >= 0.3 is 12.1 Å². The average Bonchev–Trinajstić information content (AvgIpc) is 3.09. The molecule has 4 aliphatic rings. The van der Waals surface area contributed by atoms with Crippen LogP contribution in [-0.2, 0) is 16.7 Å². The van der Waals surface area contributed by atoms with E-state index >= 15 is 0 Å². The Balaban J connectivity index is 1.28. The third-order valence-corrected chi connectivity index (χ3v) is 8.60. The maximum absolute atomic E-state index is 12.9. The number of carbonyl (C=O) groups is 2. The Morgan fingerprint density at radius 1 is 1.09 bits per heavy atom. The molecule has 1 aromatic carbocycles. The van der Waals surface area contributed by atoms with Gasteiger partial charge in [0.25, 0.3) is 0 Å². The molecule has 186 valence electrons. The van der Waals surface area contributed by atoms with Gasteiger partial charge in [0, 0.05) is 42.7 Å². The van der Waals surface area contributed by atoms with Gasteiger partial charge in [0.15, 0.2) is 0 Å². The third kappa shape index (κ3) is 4.28. The Bertz CT molecular complexity index is 897. The van der Waals surface area contributed by atoms with Gasteiger partial charge in [-0.2, -0.15) is 0 Å². The Labute approximate surface area is 203 Å². The number of nitrogens with zero attached hydrogens (tertiary/aromatic N) is 3. The molecule has 4 aliphatic heterocycles. The summed E-state index contributed by atoms with van der Waals surface area (Å²) in [5.74, 6) is 0. The number of urea groups is 1. The van der Waals surface area contributed by atoms with E-state index < -0.39 is 0 Å². The number of fused-ring (bicyclic) bond motifs is 4. The van der Waals surface area contributed by atoms with Crippen LogP contribution in [0.25, 0.3) is 0 Å². The largest absolute Gasteiger partial charge is 0.450 e. The van der Waals surface area contributed by atoms with Gasteiger partial charge in [0.2, 0.25) is 0 Å². The Morgan fingerprint density at radius 3 is 2.41 bits per heavy atom. The van der Waals surface area contributed by atoms with Crippen LogP contribution in [0.3, 0.4) is 0 Å². The molecule has 1 N–H and O–H groups in total. The summed E-state index contributed by atoms with van der Waals surface area (Å²) in [4.78, 5) is 32.1. The van der Waals surface area contributed by atoms with Crippen molar-refractivity contribution in [1.29, 1.82) is 0 Å². The Hall–Kier alpha value is -2.28. The number of ether oxygens (including phenoxy) is 1. The van der Waals surface area contributed by atoms with Crippen molar-refractivity contribution in [1.82, 2.24) is 20.0 Å². The van der Waals surface area contributed by atoms with E-state index in [4.69, 9.17) is 4.74 Å². The van der Waals surface area contributed by atoms with Crippen LogP contribution in [0.15, 0.2) is 24.3 Å². The lowest BCUT2D eigenvalue weighted by atomic mass is 9.68. The fourth-order valence-electron chi connectivity index (χ4n) is 7.06. The third-order valence-electron chi connectivity index (χ3n) is 8.60. The second-order valence-electron chi connectivity index (χ2n) is 11.1. The van der Waals surface area contributed by atoms with E-state index in [-0.39, 0.29) is 23.6 Å². The molecule has 7 heteroatoms. The van der Waals surface area contributed by atoms with E-state index in [0.29, 0.717) is 31.3 Å². The normalized spacial score (nSPS) is 28.2. The number of hydrogen-bond acceptors (Lipinski definition) is 4. The van der Waals surface area contributed by atoms with Crippen LogP contribution in [0.4, 0.5) is 9.59 Å². The summed E-state index contributed by atoms with van der Waals surface area (Å²) in [6.07, 6.45) is 6.34. The molecule has 2 bridgehead atoms. The van der Waals surface area contributed by atoms with E-state index in [9.17, 15) is 9.59 Å². The van der Waals surface area contributed by atoms with Crippen molar-refractivity contribution in [2.45, 2.75) is 95.4 Å². The van der Waals surface area contributed by atoms with Crippen molar-refractivity contribution in [2.24, 2.45) is 0 Å². The van der Waals surface area contributed by atoms with E-state index in [2.05, 4.69) is 34.5 Å². The van der Waals surface area contributed by atoms with Crippen molar-refractivity contribution >= 4 is 12.1 Å². The quantitative estimate of drug-likeness (QED) is 0.725. The number of rotatable bonds is 3. The zero-order chi connectivity index (χ0) is 23.9. The first-order valence-electron chi connectivity index (χ1n) is 13.2. The van der Waals surface area contributed by atoms with Crippen LogP contribution in [0.1, 0.15) is 70.4 Å². The molecule has 7 nitrogen and oxygen atoms in total. The molecular formula is C27H40N4O3. The molecule has 2 atom stereocenters. The number of benzene rings is 1. The molecular weight excluding hydrogens is 428 g/mol. The smallest absolute Gasteiger partial charge is 0.410 e. The molecule has 3 fully saturated rings. The SMILES string of the molecule is CCOC(=O)N1C2CCC1CC(N1CCC3(CC1)CN(C(=O)NC(C)C)Cc1ccccc13)C2. The maximum atomic E-state index is 12.9. The highest BCUT2D eigenvalue weighted by molar-refractivity contribution is 5.75. The first kappa shape index (κ1) is 23.5. The fourth-order valence-corrected chi connectivity index (χ4v) is 7.06. The number of amides is 3. The van der Waals surface area contributed by atoms with Gasteiger partial charge in [0.1, 0.15) is 0 Å². The van der Waals surface area contributed by atoms with Crippen LogP contribution in [0, 0.1) is 0 Å². The van der Waals surface area contributed by atoms with Gasteiger partial charge in [-0.15, -0.1) is 0 Å². The van der Waals surface area contributed by atoms with E-state index in [1.54, 1.807) is 0 Å². The predicted octanol–water partition coefficient (Wildman–Crippen LogP) is 4.11. The standard InChI is InChI=1S/C27H40N4O3/c1-4-34-26(33)31-21-9-10-22(31)16-23(15-21)29-13-11-27(12-14-29)18-30(25(32)28-19(2)3)17-20-7-5-6-8-24(20)27/h5-8,19,21-23H,4,9-18H2,1-3H3,(H,28,32). The molecule has 2 unspecified atom stereocenters. The lowest BCUT2D eigenvalue weighted by Crippen LogP contribution is -2.58. The molecule has 0 radical (unpaired) electrons. The summed E-state index contributed by atoms with van der Waals surface area (Å²) in [7, 11) is 0. The van der Waals surface area contributed by atoms with Crippen LogP contribution in [0.2, 0.25) is 0 Å². The van der Waals surface area contributed by atoms with E-state index in [0.717, 1.165) is 58.2 Å². The minimum absolute atomic E-state index is 0.0320. The second kappa shape index (κ2) is 9.40. The summed E-state index contributed by atoms with van der Waals surface area (Å²) in [6, 6.07) is 10.1. The highest BCUT2D eigenvalue weighted by atomic mass is 16.6. The number of nitrogens with one attached hydrogen (secondary N) is 1. The molecule has 1 aromatic rings. The van der Waals surface area contributed by atoms with Crippen molar-refractivity contribution in [3.63, 3.8) is 0 Å². The Morgan fingerprint density at radius 2 is 1.76 bits per heavy atom. The van der Waals surface area contributed by atoms with Crippen LogP contribution in [-0.4, -0.2) is 77.2 Å². The average molecular weight is 469 g/mol. The van der Waals surface area contributed by atoms with Gasteiger partial charge in [0.05, 0.1) is 6.61 Å². The molecule has 3 saturated heterocycles. The zero-order valence-corrected chi connectivity index (χ0v) is 21.0. The zero-order valence-electron chi connectivity index (χ0n) is 21.0. The Kier molecular flexibility index (Phi) is 6.49. The molecule has 1 spiro atoms. The number of likely N-dealkylation sites (tertiary alicyclic amines) is 1. The second-order valence-corrected chi connectivity index (χ2v) is 11.1. The molecule has 34 heavy (non-hydrogen) atoms. The summed E-state index contributed by atoms with van der Waals surface area (Å²) < 4.78 is 5.34. The molecule has 0 aromatic heterocycles. The first-order chi connectivity index (χ1) is 16.4. The van der Waals surface area contributed by atoms with Gasteiger partial charge in [-0.25, -0.2) is 9.59 Å². The fraction of sp³-hybridized carbons (Fsp3) is 0.704. The van der Waals surface area contributed by atoms with Crippen LogP contribution in [0.5, 0.6) is 0 Å². The van der Waals surface area contributed by atoms with Crippen LogP contribution >= 0.6 is 0 Å². The lowest BCUT2D eigenvalue weighted by Gasteiger charge is -2.51. The molecule has 0 saturated carbocycles. The van der Waals surface area contributed by atoms with Gasteiger partial charge < -0.3 is 24.8 Å². The molecule has 4 heterocycles. The summed E-state index contributed by atoms with van der Waals surface area (Å²) in [6.45, 7) is 9.95. The summed E-state index contributed by atoms with van der Waals surface area (Å²) in [5.41, 5.74) is 2.77. The minimum atomic E-state index is -0.121. The van der Waals surface area contributed by atoms with Crippen LogP contribution < -0.4 is 5.32 Å².